The van der Waals surface area contributed by atoms with Gasteiger partial charge in [0.1, 0.15) is 11.3 Å². The molecule has 0 aromatic heterocycles. The fraction of sp³-hybridized carbons (Fsp3) is 0.545. The highest BCUT2D eigenvalue weighted by Crippen LogP contribution is 2.33. The average molecular weight is 428 g/mol. The Morgan fingerprint density at radius 2 is 1.90 bits per heavy atom. The van der Waals surface area contributed by atoms with Crippen molar-refractivity contribution in [2.45, 2.75) is 32.2 Å². The number of benzene rings is 1. The van der Waals surface area contributed by atoms with Gasteiger partial charge in [-0.3, -0.25) is 19.3 Å². The number of ketones is 1. The number of piperidine rings is 1. The van der Waals surface area contributed by atoms with Crippen LogP contribution in [0.3, 0.4) is 0 Å². The number of rotatable bonds is 5. The zero-order valence-electron chi connectivity index (χ0n) is 18.1. The van der Waals surface area contributed by atoms with E-state index in [0.29, 0.717) is 35.8 Å². The van der Waals surface area contributed by atoms with Crippen molar-refractivity contribution >= 4 is 29.3 Å². The SMILES string of the molecule is CC(C)CN1CCC2(CC1)NC(=O)N(CC(=O)c1ccc3c(c1)N(C)C(=O)CO3)C2=O. The van der Waals surface area contributed by atoms with E-state index in [4.69, 9.17) is 4.74 Å². The molecule has 0 saturated carbocycles. The van der Waals surface area contributed by atoms with Crippen LogP contribution in [0.25, 0.3) is 0 Å². The summed E-state index contributed by atoms with van der Waals surface area (Å²) in [5, 5.41) is 2.85. The first-order chi connectivity index (χ1) is 14.7. The number of Topliss-reactive ketones (excluding diaryl/α,β-unsaturated/α-hetero) is 1. The number of hydrogen-bond acceptors (Lipinski definition) is 6. The van der Waals surface area contributed by atoms with Crippen LogP contribution < -0.4 is 15.0 Å². The van der Waals surface area contributed by atoms with Gasteiger partial charge < -0.3 is 19.9 Å². The second-order valence-electron chi connectivity index (χ2n) is 8.95. The van der Waals surface area contributed by atoms with Gasteiger partial charge in [-0.15, -0.1) is 0 Å². The number of urea groups is 1. The van der Waals surface area contributed by atoms with Crippen molar-refractivity contribution in [3.8, 4) is 5.75 Å². The highest BCUT2D eigenvalue weighted by molar-refractivity contribution is 6.11. The molecule has 0 radical (unpaired) electrons. The molecule has 2 fully saturated rings. The maximum Gasteiger partial charge on any atom is 0.325 e. The van der Waals surface area contributed by atoms with Gasteiger partial charge in [-0.25, -0.2) is 4.79 Å². The summed E-state index contributed by atoms with van der Waals surface area (Å²) >= 11 is 0. The summed E-state index contributed by atoms with van der Waals surface area (Å²) < 4.78 is 5.38. The summed E-state index contributed by atoms with van der Waals surface area (Å²) in [5.41, 5.74) is -0.105. The van der Waals surface area contributed by atoms with Gasteiger partial charge in [-0.1, -0.05) is 13.8 Å². The molecule has 31 heavy (non-hydrogen) atoms. The number of carbonyl (C=O) groups is 4. The Hall–Kier alpha value is -2.94. The lowest BCUT2D eigenvalue weighted by atomic mass is 9.87. The van der Waals surface area contributed by atoms with Crippen LogP contribution in [0.5, 0.6) is 5.75 Å². The second-order valence-corrected chi connectivity index (χ2v) is 8.95. The van der Waals surface area contributed by atoms with Gasteiger partial charge in [0.15, 0.2) is 12.4 Å². The smallest absolute Gasteiger partial charge is 0.325 e. The monoisotopic (exact) mass is 428 g/mol. The molecular weight excluding hydrogens is 400 g/mol. The van der Waals surface area contributed by atoms with Gasteiger partial charge in [0, 0.05) is 32.2 Å². The van der Waals surface area contributed by atoms with Gasteiger partial charge in [0.05, 0.1) is 12.2 Å². The van der Waals surface area contributed by atoms with Crippen molar-refractivity contribution < 1.29 is 23.9 Å². The number of imide groups is 1. The van der Waals surface area contributed by atoms with Crippen molar-refractivity contribution in [3.05, 3.63) is 23.8 Å². The number of ether oxygens (including phenoxy) is 1. The molecule has 1 aromatic rings. The van der Waals surface area contributed by atoms with Crippen LogP contribution >= 0.6 is 0 Å². The molecule has 4 rings (SSSR count). The Bertz CT molecular complexity index is 936. The molecule has 3 aliphatic heterocycles. The Morgan fingerprint density at radius 1 is 1.19 bits per heavy atom. The number of hydrogen-bond donors (Lipinski definition) is 1. The summed E-state index contributed by atoms with van der Waals surface area (Å²) in [7, 11) is 1.62. The number of amides is 4. The lowest BCUT2D eigenvalue weighted by molar-refractivity contribution is -0.132. The molecule has 2 saturated heterocycles. The second kappa shape index (κ2) is 7.96. The van der Waals surface area contributed by atoms with Crippen molar-refractivity contribution in [1.29, 1.82) is 0 Å². The molecule has 9 nitrogen and oxygen atoms in total. The van der Waals surface area contributed by atoms with E-state index in [2.05, 4.69) is 24.1 Å². The summed E-state index contributed by atoms with van der Waals surface area (Å²) in [6.07, 6.45) is 1.08. The topological polar surface area (TPSA) is 99.3 Å². The zero-order chi connectivity index (χ0) is 22.3. The molecule has 166 valence electrons. The Morgan fingerprint density at radius 3 is 2.58 bits per heavy atom. The predicted octanol–water partition coefficient (Wildman–Crippen LogP) is 1.27. The largest absolute Gasteiger partial charge is 0.482 e. The molecular formula is C22H28N4O5. The minimum absolute atomic E-state index is 0.0457. The molecule has 9 heteroatoms. The first-order valence-corrected chi connectivity index (χ1v) is 10.6. The van der Waals surface area contributed by atoms with E-state index in [-0.39, 0.29) is 30.7 Å². The number of carbonyl (C=O) groups excluding carboxylic acids is 4. The quantitative estimate of drug-likeness (QED) is 0.560. The molecule has 4 amide bonds. The molecule has 3 aliphatic rings. The van der Waals surface area contributed by atoms with E-state index in [0.717, 1.165) is 24.5 Å². The van der Waals surface area contributed by atoms with Crippen molar-refractivity contribution in [1.82, 2.24) is 15.1 Å². The maximum atomic E-state index is 13.1. The third kappa shape index (κ3) is 3.89. The van der Waals surface area contributed by atoms with Crippen LogP contribution in [0, 0.1) is 5.92 Å². The Kier molecular flexibility index (Phi) is 5.47. The van der Waals surface area contributed by atoms with Gasteiger partial charge in [-0.05, 0) is 37.0 Å². The van der Waals surface area contributed by atoms with Gasteiger partial charge in [-0.2, -0.15) is 0 Å². The van der Waals surface area contributed by atoms with E-state index >= 15 is 0 Å². The van der Waals surface area contributed by atoms with Crippen molar-refractivity contribution in [2.24, 2.45) is 5.92 Å². The minimum atomic E-state index is -0.916. The van der Waals surface area contributed by atoms with Gasteiger partial charge in [0.2, 0.25) is 0 Å². The highest BCUT2D eigenvalue weighted by atomic mass is 16.5. The van der Waals surface area contributed by atoms with E-state index in [1.165, 1.54) is 4.90 Å². The standard InChI is InChI=1S/C22H28N4O5/c1-14(2)11-25-8-6-22(7-9-25)20(29)26(21(30)23-22)12-17(27)15-4-5-18-16(10-15)24(3)19(28)13-31-18/h4-5,10,14H,6-9,11-13H2,1-3H3,(H,23,30). The van der Waals surface area contributed by atoms with E-state index in [9.17, 15) is 19.2 Å². The summed E-state index contributed by atoms with van der Waals surface area (Å²) in [6.45, 7) is 6.35. The summed E-state index contributed by atoms with van der Waals surface area (Å²) in [6, 6.07) is 4.25. The van der Waals surface area contributed by atoms with Crippen molar-refractivity contribution in [3.63, 3.8) is 0 Å². The van der Waals surface area contributed by atoms with Crippen LogP contribution in [0.15, 0.2) is 18.2 Å². The number of fused-ring (bicyclic) bond motifs is 1. The number of nitrogens with zero attached hydrogens (tertiary/aromatic N) is 3. The molecule has 0 atom stereocenters. The highest BCUT2D eigenvalue weighted by Gasteiger charge is 2.52. The van der Waals surface area contributed by atoms with Crippen LogP contribution in [-0.4, -0.2) is 78.8 Å². The van der Waals surface area contributed by atoms with Crippen LogP contribution in [0.2, 0.25) is 0 Å². The Labute approximate surface area is 181 Å². The normalized spacial score (nSPS) is 20.8. The first kappa shape index (κ1) is 21.3. The molecule has 0 unspecified atom stereocenters. The number of likely N-dealkylation sites (tertiary alicyclic amines) is 1. The average Bonchev–Trinajstić information content (AvgIpc) is 2.96. The zero-order valence-corrected chi connectivity index (χ0v) is 18.1. The molecule has 3 heterocycles. The van der Waals surface area contributed by atoms with Crippen LogP contribution in [-0.2, 0) is 9.59 Å². The van der Waals surface area contributed by atoms with E-state index < -0.39 is 11.6 Å². The number of nitrogens with one attached hydrogen (secondary N) is 1. The number of likely N-dealkylation sites (N-methyl/N-ethyl adjacent to an activating group) is 1. The van der Waals surface area contributed by atoms with E-state index in [1.54, 1.807) is 25.2 Å². The maximum absolute atomic E-state index is 13.1. The lowest BCUT2D eigenvalue weighted by Gasteiger charge is -2.37. The molecule has 1 aromatic carbocycles. The third-order valence-electron chi connectivity index (χ3n) is 6.25. The molecule has 1 N–H and O–H groups in total. The molecule has 0 bridgehead atoms. The predicted molar refractivity (Wildman–Crippen MR) is 113 cm³/mol. The Balaban J connectivity index is 1.45. The van der Waals surface area contributed by atoms with Crippen LogP contribution in [0.4, 0.5) is 10.5 Å². The molecule has 0 aliphatic carbocycles. The fourth-order valence-electron chi connectivity index (χ4n) is 4.47. The number of anilines is 1. The third-order valence-corrected chi connectivity index (χ3v) is 6.25. The summed E-state index contributed by atoms with van der Waals surface area (Å²) in [4.78, 5) is 55.2. The first-order valence-electron chi connectivity index (χ1n) is 10.6. The van der Waals surface area contributed by atoms with Crippen molar-refractivity contribution in [2.75, 3.05) is 44.7 Å². The van der Waals surface area contributed by atoms with Gasteiger partial charge >= 0.3 is 6.03 Å². The molecule has 1 spiro atoms. The van der Waals surface area contributed by atoms with Gasteiger partial charge in [0.25, 0.3) is 11.8 Å². The van der Waals surface area contributed by atoms with Crippen LogP contribution in [0.1, 0.15) is 37.0 Å². The fourth-order valence-corrected chi connectivity index (χ4v) is 4.47. The van der Waals surface area contributed by atoms with E-state index in [1.807, 2.05) is 0 Å². The lowest BCUT2D eigenvalue weighted by Crippen LogP contribution is -2.55. The summed E-state index contributed by atoms with van der Waals surface area (Å²) in [5.74, 6) is 0.141. The minimum Gasteiger partial charge on any atom is -0.482 e.